The van der Waals surface area contributed by atoms with Gasteiger partial charge in [-0.1, -0.05) is 68.4 Å². The van der Waals surface area contributed by atoms with Crippen LogP contribution >= 0.6 is 0 Å². The molecule has 1 saturated heterocycles. The number of para-hydroxylation sites is 1. The van der Waals surface area contributed by atoms with Crippen LogP contribution in [0.5, 0.6) is 0 Å². The number of hydrogen-bond donors (Lipinski definition) is 4. The highest BCUT2D eigenvalue weighted by Gasteiger charge is 2.41. The Kier molecular flexibility index (Phi) is 13.2. The minimum atomic E-state index is -3.62. The fourth-order valence-corrected chi connectivity index (χ4v) is 8.65. The van der Waals surface area contributed by atoms with E-state index in [2.05, 4.69) is 25.9 Å². The van der Waals surface area contributed by atoms with Crippen molar-refractivity contribution in [3.63, 3.8) is 0 Å². The van der Waals surface area contributed by atoms with Gasteiger partial charge in [-0.15, -0.1) is 0 Å². The van der Waals surface area contributed by atoms with Crippen molar-refractivity contribution in [2.45, 2.75) is 94.7 Å². The third kappa shape index (κ3) is 10.9. The standard InChI is InChI=1S/C41H52N6O6S/c1-27(2)37(45-38(49)33-16-15-30-13-9-10-14-32(30)43-33)40(51)44-34(23-28-11-7-6-8-12-28)36(48)25-47-22-19-31(24-35(47)39(50)46-41(3,4)5)54(52,53)26-29-17-20-42-21-18-29/h6-18,20-21,27,31,34-37,48H,19,22-26H2,1-5H3,(H,44,51)(H,45,49)(H,46,50)/t31?,34?,35?,36?,37-/m0/s1. The number of nitrogens with one attached hydrogen (secondary N) is 3. The van der Waals surface area contributed by atoms with Crippen molar-refractivity contribution < 1.29 is 27.9 Å². The number of nitrogens with zero attached hydrogens (tertiary/aromatic N) is 3. The highest BCUT2D eigenvalue weighted by molar-refractivity contribution is 7.91. The lowest BCUT2D eigenvalue weighted by Gasteiger charge is -2.41. The molecular formula is C41H52N6O6S. The first-order valence-electron chi connectivity index (χ1n) is 18.4. The highest BCUT2D eigenvalue weighted by atomic mass is 32.2. The Hall–Kier alpha value is -4.72. The Labute approximate surface area is 318 Å². The summed E-state index contributed by atoms with van der Waals surface area (Å²) < 4.78 is 27.2. The minimum Gasteiger partial charge on any atom is -0.390 e. The molecule has 3 heterocycles. The molecule has 0 radical (unpaired) electrons. The first-order valence-corrected chi connectivity index (χ1v) is 20.2. The molecule has 288 valence electrons. The summed E-state index contributed by atoms with van der Waals surface area (Å²) in [5.74, 6) is -1.76. The zero-order chi connectivity index (χ0) is 39.0. The van der Waals surface area contributed by atoms with Crippen LogP contribution in [0.2, 0.25) is 0 Å². The molecular weight excluding hydrogens is 705 g/mol. The predicted octanol–water partition coefficient (Wildman–Crippen LogP) is 3.84. The van der Waals surface area contributed by atoms with E-state index in [1.807, 2.05) is 100 Å². The van der Waals surface area contributed by atoms with Crippen LogP contribution in [0.4, 0.5) is 0 Å². The number of β-amino-alcohol motifs (C(OH)–C–C–N with tert-alkyl or cyclic N) is 1. The van der Waals surface area contributed by atoms with Gasteiger partial charge in [-0.25, -0.2) is 13.4 Å². The van der Waals surface area contributed by atoms with Gasteiger partial charge in [-0.05, 0) is 81.3 Å². The lowest BCUT2D eigenvalue weighted by molar-refractivity contribution is -0.130. The van der Waals surface area contributed by atoms with Gasteiger partial charge in [0.25, 0.3) is 5.91 Å². The van der Waals surface area contributed by atoms with Gasteiger partial charge in [0, 0.05) is 36.4 Å². The number of hydrogen-bond acceptors (Lipinski definition) is 9. The van der Waals surface area contributed by atoms with E-state index < -0.39 is 56.7 Å². The first kappa shape index (κ1) is 40.5. The molecule has 1 fully saturated rings. The van der Waals surface area contributed by atoms with E-state index in [0.717, 1.165) is 10.9 Å². The molecule has 13 heteroatoms. The Morgan fingerprint density at radius 2 is 1.59 bits per heavy atom. The van der Waals surface area contributed by atoms with Crippen LogP contribution in [-0.2, 0) is 31.6 Å². The molecule has 4 aromatic rings. The Morgan fingerprint density at radius 1 is 0.907 bits per heavy atom. The maximum absolute atomic E-state index is 14.0. The second kappa shape index (κ2) is 17.6. The molecule has 5 atom stereocenters. The molecule has 2 aromatic heterocycles. The summed E-state index contributed by atoms with van der Waals surface area (Å²) in [6, 6.07) is 21.1. The van der Waals surface area contributed by atoms with Crippen molar-refractivity contribution in [2.75, 3.05) is 13.1 Å². The summed E-state index contributed by atoms with van der Waals surface area (Å²) in [5.41, 5.74) is 1.76. The predicted molar refractivity (Wildman–Crippen MR) is 209 cm³/mol. The van der Waals surface area contributed by atoms with Gasteiger partial charge in [-0.2, -0.15) is 0 Å². The summed E-state index contributed by atoms with van der Waals surface area (Å²) in [7, 11) is -3.62. The number of aliphatic hydroxyl groups excluding tert-OH is 1. The number of amides is 3. The van der Waals surface area contributed by atoms with Gasteiger partial charge in [0.15, 0.2) is 9.84 Å². The molecule has 0 spiro atoms. The van der Waals surface area contributed by atoms with Gasteiger partial charge < -0.3 is 21.1 Å². The van der Waals surface area contributed by atoms with Crippen LogP contribution in [-0.4, -0.2) is 94.2 Å². The summed E-state index contributed by atoms with van der Waals surface area (Å²) in [5, 5.41) is 20.9. The molecule has 1 aliphatic rings. The number of sulfone groups is 1. The molecule has 0 bridgehead atoms. The SMILES string of the molecule is CC(C)[C@H](NC(=O)c1ccc2ccccc2n1)C(=O)NC(Cc1ccccc1)C(O)CN1CCC(S(=O)(=O)Cc2ccncc2)CC1C(=O)NC(C)(C)C. The van der Waals surface area contributed by atoms with E-state index >= 15 is 0 Å². The largest absolute Gasteiger partial charge is 0.390 e. The van der Waals surface area contributed by atoms with Crippen LogP contribution in [0.25, 0.3) is 10.9 Å². The van der Waals surface area contributed by atoms with Gasteiger partial charge in [0.2, 0.25) is 11.8 Å². The number of pyridine rings is 2. The smallest absolute Gasteiger partial charge is 0.270 e. The number of likely N-dealkylation sites (tertiary alicyclic amines) is 1. The van der Waals surface area contributed by atoms with Gasteiger partial charge in [0.1, 0.15) is 11.7 Å². The molecule has 12 nitrogen and oxygen atoms in total. The second-order valence-corrected chi connectivity index (χ2v) is 17.8. The van der Waals surface area contributed by atoms with Crippen molar-refractivity contribution >= 4 is 38.5 Å². The monoisotopic (exact) mass is 756 g/mol. The number of rotatable bonds is 14. The summed E-state index contributed by atoms with van der Waals surface area (Å²) >= 11 is 0. The Morgan fingerprint density at radius 3 is 2.28 bits per heavy atom. The number of benzene rings is 2. The zero-order valence-electron chi connectivity index (χ0n) is 31.6. The average molecular weight is 757 g/mol. The highest BCUT2D eigenvalue weighted by Crippen LogP contribution is 2.27. The molecule has 4 unspecified atom stereocenters. The molecule has 1 aliphatic heterocycles. The van der Waals surface area contributed by atoms with Gasteiger partial charge >= 0.3 is 0 Å². The molecule has 0 aliphatic carbocycles. The maximum atomic E-state index is 14.0. The molecule has 2 aromatic carbocycles. The van der Waals surface area contributed by atoms with E-state index in [0.29, 0.717) is 11.1 Å². The van der Waals surface area contributed by atoms with E-state index in [-0.39, 0.29) is 55.6 Å². The third-order valence-corrected chi connectivity index (χ3v) is 11.8. The van der Waals surface area contributed by atoms with Gasteiger partial charge in [-0.3, -0.25) is 24.3 Å². The molecule has 4 N–H and O–H groups in total. The number of carbonyl (C=O) groups is 3. The van der Waals surface area contributed by atoms with Crippen molar-refractivity contribution in [3.05, 3.63) is 108 Å². The minimum absolute atomic E-state index is 0.00313. The number of fused-ring (bicyclic) bond motifs is 1. The maximum Gasteiger partial charge on any atom is 0.270 e. The summed E-state index contributed by atoms with van der Waals surface area (Å²) in [4.78, 5) is 51.4. The van der Waals surface area contributed by atoms with Crippen molar-refractivity contribution in [2.24, 2.45) is 5.92 Å². The number of aromatic nitrogens is 2. The van der Waals surface area contributed by atoms with Crippen molar-refractivity contribution in [1.82, 2.24) is 30.8 Å². The summed E-state index contributed by atoms with van der Waals surface area (Å²) in [6.45, 7) is 9.46. The van der Waals surface area contributed by atoms with Crippen LogP contribution in [0.15, 0.2) is 91.3 Å². The van der Waals surface area contributed by atoms with Gasteiger partial charge in [0.05, 0.1) is 34.7 Å². The quantitative estimate of drug-likeness (QED) is 0.149. The molecule has 3 amide bonds. The Balaban J connectivity index is 1.35. The lowest BCUT2D eigenvalue weighted by Crippen LogP contribution is -2.60. The van der Waals surface area contributed by atoms with Crippen LogP contribution in [0.1, 0.15) is 69.1 Å². The second-order valence-electron chi connectivity index (χ2n) is 15.5. The summed E-state index contributed by atoms with van der Waals surface area (Å²) in [6.07, 6.45) is 2.56. The van der Waals surface area contributed by atoms with Crippen molar-refractivity contribution in [3.8, 4) is 0 Å². The average Bonchev–Trinajstić information content (AvgIpc) is 3.13. The number of aliphatic hydroxyl groups is 1. The molecule has 54 heavy (non-hydrogen) atoms. The Bertz CT molecular complexity index is 2000. The fourth-order valence-electron chi connectivity index (χ4n) is 6.82. The van der Waals surface area contributed by atoms with Crippen LogP contribution in [0, 0.1) is 5.92 Å². The zero-order valence-corrected chi connectivity index (χ0v) is 32.4. The van der Waals surface area contributed by atoms with Crippen molar-refractivity contribution in [1.29, 1.82) is 0 Å². The third-order valence-electron chi connectivity index (χ3n) is 9.67. The van der Waals surface area contributed by atoms with E-state index in [1.165, 1.54) is 0 Å². The van der Waals surface area contributed by atoms with E-state index in [1.54, 1.807) is 30.6 Å². The fraction of sp³-hybridized carbons (Fsp3) is 0.439. The number of piperidine rings is 1. The number of carbonyl (C=O) groups excluding carboxylic acids is 3. The molecule has 0 saturated carbocycles. The lowest BCUT2D eigenvalue weighted by atomic mass is 9.95. The van der Waals surface area contributed by atoms with E-state index in [9.17, 15) is 27.9 Å². The van der Waals surface area contributed by atoms with E-state index in [4.69, 9.17) is 0 Å². The topological polar surface area (TPSA) is 171 Å². The molecule has 5 rings (SSSR count). The normalized spacial score (nSPS) is 18.4. The van der Waals surface area contributed by atoms with Crippen LogP contribution in [0.3, 0.4) is 0 Å². The van der Waals surface area contributed by atoms with Crippen LogP contribution < -0.4 is 16.0 Å². The first-order chi connectivity index (χ1) is 25.6.